The third-order valence-corrected chi connectivity index (χ3v) is 3.66. The highest BCUT2D eigenvalue weighted by molar-refractivity contribution is 6.42. The van der Waals surface area contributed by atoms with Crippen molar-refractivity contribution in [2.45, 2.75) is 6.42 Å². The number of halogens is 2. The van der Waals surface area contributed by atoms with Gasteiger partial charge in [0.15, 0.2) is 0 Å². The molecule has 2 amide bonds. The van der Waals surface area contributed by atoms with Gasteiger partial charge in [0.1, 0.15) is 0 Å². The van der Waals surface area contributed by atoms with Gasteiger partial charge in [-0.15, -0.1) is 0 Å². The number of amides is 2. The summed E-state index contributed by atoms with van der Waals surface area (Å²) >= 11 is 11.6. The molecule has 2 N–H and O–H groups in total. The van der Waals surface area contributed by atoms with E-state index in [1.54, 1.807) is 12.1 Å². The van der Waals surface area contributed by atoms with E-state index in [4.69, 9.17) is 23.2 Å². The van der Waals surface area contributed by atoms with Crippen LogP contribution in [0.4, 0.5) is 5.69 Å². The van der Waals surface area contributed by atoms with Crippen molar-refractivity contribution < 1.29 is 9.59 Å². The Morgan fingerprint density at radius 2 is 1.64 bits per heavy atom. The van der Waals surface area contributed by atoms with Crippen molar-refractivity contribution in [2.75, 3.05) is 11.9 Å². The molecule has 0 atom stereocenters. The minimum atomic E-state index is -0.744. The van der Waals surface area contributed by atoms with Crippen LogP contribution in [0.25, 0.3) is 0 Å². The van der Waals surface area contributed by atoms with Crippen molar-refractivity contribution in [3.8, 4) is 0 Å². The second kappa shape index (κ2) is 7.82. The van der Waals surface area contributed by atoms with E-state index in [1.165, 1.54) is 6.07 Å². The first-order chi connectivity index (χ1) is 10.6. The van der Waals surface area contributed by atoms with E-state index in [2.05, 4.69) is 10.6 Å². The minimum Gasteiger partial charge on any atom is -0.347 e. The van der Waals surface area contributed by atoms with Crippen molar-refractivity contribution in [1.29, 1.82) is 0 Å². The fourth-order valence-corrected chi connectivity index (χ4v) is 2.11. The summed E-state index contributed by atoms with van der Waals surface area (Å²) in [4.78, 5) is 23.5. The number of carbonyl (C=O) groups excluding carboxylic acids is 2. The lowest BCUT2D eigenvalue weighted by atomic mass is 10.1. The summed E-state index contributed by atoms with van der Waals surface area (Å²) in [5.74, 6) is -1.44. The number of hydrogen-bond acceptors (Lipinski definition) is 2. The Morgan fingerprint density at radius 1 is 0.909 bits per heavy atom. The highest BCUT2D eigenvalue weighted by atomic mass is 35.5. The number of carbonyl (C=O) groups is 2. The van der Waals surface area contributed by atoms with Crippen LogP contribution in [-0.2, 0) is 16.0 Å². The number of anilines is 1. The second-order valence-electron chi connectivity index (χ2n) is 4.57. The first-order valence-corrected chi connectivity index (χ1v) is 7.40. The normalized spacial score (nSPS) is 10.1. The van der Waals surface area contributed by atoms with Crippen LogP contribution < -0.4 is 10.6 Å². The molecule has 0 aliphatic rings. The molecular formula is C16H14Cl2N2O2. The maximum absolute atomic E-state index is 11.8. The summed E-state index contributed by atoms with van der Waals surface area (Å²) in [6.45, 7) is 0.387. The van der Waals surface area contributed by atoms with E-state index >= 15 is 0 Å². The highest BCUT2D eigenvalue weighted by Gasteiger charge is 2.13. The van der Waals surface area contributed by atoms with Crippen molar-refractivity contribution in [3.05, 3.63) is 64.1 Å². The first kappa shape index (κ1) is 16.3. The molecule has 0 saturated heterocycles. The summed E-state index contributed by atoms with van der Waals surface area (Å²) in [6, 6.07) is 14.3. The first-order valence-electron chi connectivity index (χ1n) is 6.64. The van der Waals surface area contributed by atoms with Gasteiger partial charge in [0, 0.05) is 12.2 Å². The van der Waals surface area contributed by atoms with Gasteiger partial charge in [0.25, 0.3) is 0 Å². The summed E-state index contributed by atoms with van der Waals surface area (Å²) in [5.41, 5.74) is 1.50. The van der Waals surface area contributed by atoms with E-state index in [0.717, 1.165) is 5.56 Å². The van der Waals surface area contributed by atoms with Gasteiger partial charge in [-0.25, -0.2) is 0 Å². The molecule has 6 heteroatoms. The molecule has 0 aliphatic heterocycles. The average Bonchev–Trinajstić information content (AvgIpc) is 2.52. The van der Waals surface area contributed by atoms with Crippen molar-refractivity contribution in [1.82, 2.24) is 5.32 Å². The summed E-state index contributed by atoms with van der Waals surface area (Å²) in [6.07, 6.45) is 0.659. The SMILES string of the molecule is O=C(NCCc1ccccc1)C(=O)Nc1ccc(Cl)c(Cl)c1. The van der Waals surface area contributed by atoms with Crippen molar-refractivity contribution in [2.24, 2.45) is 0 Å². The van der Waals surface area contributed by atoms with Crippen LogP contribution in [0.2, 0.25) is 10.0 Å². The Bertz CT molecular complexity index is 675. The number of nitrogens with one attached hydrogen (secondary N) is 2. The van der Waals surface area contributed by atoms with Gasteiger partial charge < -0.3 is 10.6 Å². The van der Waals surface area contributed by atoms with Gasteiger partial charge in [-0.3, -0.25) is 9.59 Å². The molecule has 22 heavy (non-hydrogen) atoms. The largest absolute Gasteiger partial charge is 0.347 e. The molecule has 4 nitrogen and oxygen atoms in total. The zero-order valence-corrected chi connectivity index (χ0v) is 13.1. The van der Waals surface area contributed by atoms with E-state index in [9.17, 15) is 9.59 Å². The topological polar surface area (TPSA) is 58.2 Å². The zero-order chi connectivity index (χ0) is 15.9. The molecule has 114 valence electrons. The molecule has 0 heterocycles. The molecule has 0 spiro atoms. The van der Waals surface area contributed by atoms with Crippen LogP contribution in [0.1, 0.15) is 5.56 Å². The van der Waals surface area contributed by atoms with Crippen LogP contribution in [-0.4, -0.2) is 18.4 Å². The summed E-state index contributed by atoms with van der Waals surface area (Å²) in [5, 5.41) is 5.72. The molecule has 0 unspecified atom stereocenters. The zero-order valence-electron chi connectivity index (χ0n) is 11.6. The maximum Gasteiger partial charge on any atom is 0.313 e. The summed E-state index contributed by atoms with van der Waals surface area (Å²) in [7, 11) is 0. The molecule has 0 saturated carbocycles. The Kier molecular flexibility index (Phi) is 5.81. The van der Waals surface area contributed by atoms with Crippen molar-refractivity contribution in [3.63, 3.8) is 0 Å². The second-order valence-corrected chi connectivity index (χ2v) is 5.39. The number of rotatable bonds is 4. The quantitative estimate of drug-likeness (QED) is 0.841. The van der Waals surface area contributed by atoms with Crippen LogP contribution >= 0.6 is 23.2 Å². The van der Waals surface area contributed by atoms with Crippen molar-refractivity contribution >= 4 is 40.7 Å². The lowest BCUT2D eigenvalue weighted by Crippen LogP contribution is -2.36. The predicted molar refractivity (Wildman–Crippen MR) is 88.2 cm³/mol. The lowest BCUT2D eigenvalue weighted by Gasteiger charge is -2.07. The molecule has 2 rings (SSSR count). The predicted octanol–water partition coefficient (Wildman–Crippen LogP) is 3.29. The van der Waals surface area contributed by atoms with E-state index in [1.807, 2.05) is 30.3 Å². The minimum absolute atomic E-state index is 0.309. The highest BCUT2D eigenvalue weighted by Crippen LogP contribution is 2.24. The molecule has 2 aromatic rings. The molecule has 0 aliphatic carbocycles. The fourth-order valence-electron chi connectivity index (χ4n) is 1.81. The molecular weight excluding hydrogens is 323 g/mol. The van der Waals surface area contributed by atoms with Crippen LogP contribution in [0.5, 0.6) is 0 Å². The Labute approximate surface area is 138 Å². The average molecular weight is 337 g/mol. The van der Waals surface area contributed by atoms with Gasteiger partial charge in [-0.05, 0) is 30.2 Å². The van der Waals surface area contributed by atoms with E-state index in [0.29, 0.717) is 28.7 Å². The smallest absolute Gasteiger partial charge is 0.313 e. The number of benzene rings is 2. The van der Waals surface area contributed by atoms with Gasteiger partial charge >= 0.3 is 11.8 Å². The van der Waals surface area contributed by atoms with Crippen LogP contribution in [0.3, 0.4) is 0 Å². The Morgan fingerprint density at radius 3 is 2.32 bits per heavy atom. The van der Waals surface area contributed by atoms with Gasteiger partial charge in [-0.1, -0.05) is 53.5 Å². The fraction of sp³-hybridized carbons (Fsp3) is 0.125. The molecule has 0 aromatic heterocycles. The number of hydrogen-bond donors (Lipinski definition) is 2. The van der Waals surface area contributed by atoms with E-state index < -0.39 is 11.8 Å². The van der Waals surface area contributed by atoms with Gasteiger partial charge in [-0.2, -0.15) is 0 Å². The molecule has 0 radical (unpaired) electrons. The molecule has 2 aromatic carbocycles. The lowest BCUT2D eigenvalue weighted by molar-refractivity contribution is -0.136. The molecule has 0 bridgehead atoms. The van der Waals surface area contributed by atoms with Gasteiger partial charge in [0.05, 0.1) is 10.0 Å². The third-order valence-electron chi connectivity index (χ3n) is 2.93. The summed E-state index contributed by atoms with van der Waals surface area (Å²) < 4.78 is 0. The van der Waals surface area contributed by atoms with Gasteiger partial charge in [0.2, 0.25) is 0 Å². The standard InChI is InChI=1S/C16H14Cl2N2O2/c17-13-7-6-12(10-14(13)18)20-16(22)15(21)19-9-8-11-4-2-1-3-5-11/h1-7,10H,8-9H2,(H,19,21)(H,20,22). The molecule has 0 fully saturated rings. The maximum atomic E-state index is 11.8. The van der Waals surface area contributed by atoms with Crippen LogP contribution in [0.15, 0.2) is 48.5 Å². The Balaban J connectivity index is 1.82. The van der Waals surface area contributed by atoms with E-state index in [-0.39, 0.29) is 0 Å². The third kappa shape index (κ3) is 4.76. The Hall–Kier alpha value is -2.04. The monoisotopic (exact) mass is 336 g/mol. The van der Waals surface area contributed by atoms with Crippen LogP contribution in [0, 0.1) is 0 Å².